The minimum atomic E-state index is 0.127. The van der Waals surface area contributed by atoms with Crippen LogP contribution in [0.25, 0.3) is 0 Å². The molecule has 0 aliphatic carbocycles. The van der Waals surface area contributed by atoms with Crippen molar-refractivity contribution in [1.29, 1.82) is 0 Å². The highest BCUT2D eigenvalue weighted by Crippen LogP contribution is 2.09. The van der Waals surface area contributed by atoms with Gasteiger partial charge in [0.15, 0.2) is 0 Å². The van der Waals surface area contributed by atoms with E-state index in [9.17, 15) is 4.79 Å². The molecule has 0 N–H and O–H groups in total. The monoisotopic (exact) mass is 357 g/mol. The second-order valence-electron chi connectivity index (χ2n) is 6.61. The number of ether oxygens (including phenoxy) is 1. The molecule has 6 nitrogen and oxygen atoms in total. The lowest BCUT2D eigenvalue weighted by Crippen LogP contribution is -2.50. The molecule has 0 radical (unpaired) electrons. The highest BCUT2D eigenvalue weighted by molar-refractivity contribution is 5.77. The number of rotatable bonds is 8. The van der Waals surface area contributed by atoms with Crippen LogP contribution in [-0.4, -0.2) is 73.5 Å². The molecule has 0 atom stereocenters. The van der Waals surface area contributed by atoms with Crippen LogP contribution in [0.1, 0.15) is 5.76 Å². The number of nitrogens with zero attached hydrogens (tertiary/aromatic N) is 3. The van der Waals surface area contributed by atoms with Crippen LogP contribution in [0, 0.1) is 0 Å². The molecule has 1 aromatic carbocycles. The van der Waals surface area contributed by atoms with Crippen molar-refractivity contribution in [3.05, 3.63) is 54.5 Å². The molecule has 0 spiro atoms. The van der Waals surface area contributed by atoms with Gasteiger partial charge in [0.25, 0.3) is 0 Å². The Hall–Kier alpha value is -2.31. The van der Waals surface area contributed by atoms with Gasteiger partial charge in [0.2, 0.25) is 5.91 Å². The summed E-state index contributed by atoms with van der Waals surface area (Å²) in [5, 5.41) is 0. The van der Waals surface area contributed by atoms with Crippen molar-refractivity contribution in [3.8, 4) is 5.75 Å². The van der Waals surface area contributed by atoms with Crippen LogP contribution in [0.2, 0.25) is 0 Å². The van der Waals surface area contributed by atoms with Gasteiger partial charge in [0, 0.05) is 39.8 Å². The van der Waals surface area contributed by atoms with Crippen LogP contribution in [0.5, 0.6) is 5.75 Å². The van der Waals surface area contributed by atoms with Crippen LogP contribution < -0.4 is 4.74 Å². The number of hydrogen-bond acceptors (Lipinski definition) is 5. The second kappa shape index (κ2) is 9.40. The molecule has 6 heteroatoms. The number of carbonyl (C=O) groups excluding carboxylic acids is 1. The highest BCUT2D eigenvalue weighted by Gasteiger charge is 2.20. The van der Waals surface area contributed by atoms with E-state index in [-0.39, 0.29) is 5.91 Å². The Morgan fingerprint density at radius 2 is 1.81 bits per heavy atom. The molecule has 26 heavy (non-hydrogen) atoms. The van der Waals surface area contributed by atoms with Crippen molar-refractivity contribution >= 4 is 5.91 Å². The number of para-hydroxylation sites is 1. The second-order valence-corrected chi connectivity index (χ2v) is 6.61. The Balaban J connectivity index is 1.32. The molecule has 1 amide bonds. The van der Waals surface area contributed by atoms with E-state index in [2.05, 4.69) is 9.80 Å². The average Bonchev–Trinajstić information content (AvgIpc) is 3.17. The highest BCUT2D eigenvalue weighted by atomic mass is 16.5. The van der Waals surface area contributed by atoms with Gasteiger partial charge in [-0.05, 0) is 24.3 Å². The molecule has 0 saturated carbocycles. The average molecular weight is 357 g/mol. The predicted molar refractivity (Wildman–Crippen MR) is 100.0 cm³/mol. The zero-order valence-corrected chi connectivity index (χ0v) is 15.3. The molecular formula is C20H27N3O3. The Kier molecular flexibility index (Phi) is 6.68. The number of hydrogen-bond donors (Lipinski definition) is 0. The summed E-state index contributed by atoms with van der Waals surface area (Å²) in [6, 6.07) is 13.6. The number of furan rings is 1. The van der Waals surface area contributed by atoms with Gasteiger partial charge in [-0.3, -0.25) is 14.6 Å². The fourth-order valence-corrected chi connectivity index (χ4v) is 3.02. The Morgan fingerprint density at radius 1 is 1.08 bits per heavy atom. The lowest BCUT2D eigenvalue weighted by atomic mass is 10.3. The summed E-state index contributed by atoms with van der Waals surface area (Å²) >= 11 is 0. The van der Waals surface area contributed by atoms with Gasteiger partial charge in [-0.25, -0.2) is 0 Å². The third-order valence-corrected chi connectivity index (χ3v) is 4.64. The van der Waals surface area contributed by atoms with Gasteiger partial charge in [-0.15, -0.1) is 0 Å². The van der Waals surface area contributed by atoms with Gasteiger partial charge in [0.1, 0.15) is 18.1 Å². The zero-order chi connectivity index (χ0) is 18.2. The van der Waals surface area contributed by atoms with Crippen LogP contribution >= 0.6 is 0 Å². The van der Waals surface area contributed by atoms with E-state index < -0.39 is 0 Å². The van der Waals surface area contributed by atoms with E-state index in [1.165, 1.54) is 0 Å². The van der Waals surface area contributed by atoms with Crippen LogP contribution in [0.4, 0.5) is 0 Å². The molecule has 3 rings (SSSR count). The Morgan fingerprint density at radius 3 is 2.50 bits per heavy atom. The maximum atomic E-state index is 12.4. The minimum Gasteiger partial charge on any atom is -0.492 e. The SMILES string of the molecule is CN(Cc1ccco1)C(=O)CN1CCN(CCOc2ccccc2)CC1. The van der Waals surface area contributed by atoms with Crippen molar-refractivity contribution < 1.29 is 13.9 Å². The van der Waals surface area contributed by atoms with E-state index in [1.54, 1.807) is 11.2 Å². The maximum Gasteiger partial charge on any atom is 0.236 e. The maximum absolute atomic E-state index is 12.4. The first-order chi connectivity index (χ1) is 12.7. The van der Waals surface area contributed by atoms with Crippen LogP contribution in [0.3, 0.4) is 0 Å². The number of amides is 1. The van der Waals surface area contributed by atoms with Crippen LogP contribution in [0.15, 0.2) is 53.1 Å². The molecule has 2 heterocycles. The van der Waals surface area contributed by atoms with Gasteiger partial charge >= 0.3 is 0 Å². The normalized spacial score (nSPS) is 15.7. The van der Waals surface area contributed by atoms with E-state index in [0.717, 1.165) is 44.2 Å². The van der Waals surface area contributed by atoms with Crippen molar-refractivity contribution in [3.63, 3.8) is 0 Å². The fourth-order valence-electron chi connectivity index (χ4n) is 3.02. The van der Waals surface area contributed by atoms with Crippen molar-refractivity contribution in [2.75, 3.05) is 52.9 Å². The van der Waals surface area contributed by atoms with Gasteiger partial charge in [-0.1, -0.05) is 18.2 Å². The molecule has 1 aromatic heterocycles. The smallest absolute Gasteiger partial charge is 0.236 e. The van der Waals surface area contributed by atoms with E-state index in [0.29, 0.717) is 19.7 Å². The predicted octanol–water partition coefficient (Wildman–Crippen LogP) is 1.93. The Labute approximate surface area is 154 Å². The van der Waals surface area contributed by atoms with E-state index in [1.807, 2.05) is 49.5 Å². The van der Waals surface area contributed by atoms with E-state index in [4.69, 9.17) is 9.15 Å². The minimum absolute atomic E-state index is 0.127. The summed E-state index contributed by atoms with van der Waals surface area (Å²) in [6.07, 6.45) is 1.63. The molecular weight excluding hydrogens is 330 g/mol. The van der Waals surface area contributed by atoms with Crippen molar-refractivity contribution in [2.45, 2.75) is 6.54 Å². The first-order valence-electron chi connectivity index (χ1n) is 9.09. The number of likely N-dealkylation sites (N-methyl/N-ethyl adjacent to an activating group) is 1. The zero-order valence-electron chi connectivity index (χ0n) is 15.3. The summed E-state index contributed by atoms with van der Waals surface area (Å²) in [4.78, 5) is 18.7. The largest absolute Gasteiger partial charge is 0.492 e. The first kappa shape index (κ1) is 18.5. The topological polar surface area (TPSA) is 49.2 Å². The standard InChI is InChI=1S/C20H27N3O3/c1-21(16-19-8-5-14-25-19)20(24)17-23-11-9-22(10-12-23)13-15-26-18-6-3-2-4-7-18/h2-8,14H,9-13,15-17H2,1H3. The lowest BCUT2D eigenvalue weighted by Gasteiger charge is -2.34. The van der Waals surface area contributed by atoms with Crippen LogP contribution in [-0.2, 0) is 11.3 Å². The fraction of sp³-hybridized carbons (Fsp3) is 0.450. The van der Waals surface area contributed by atoms with Gasteiger partial charge in [-0.2, -0.15) is 0 Å². The molecule has 0 unspecified atom stereocenters. The molecule has 1 saturated heterocycles. The molecule has 1 aliphatic rings. The summed E-state index contributed by atoms with van der Waals surface area (Å²) in [5.74, 6) is 1.85. The summed E-state index contributed by atoms with van der Waals surface area (Å²) < 4.78 is 11.1. The van der Waals surface area contributed by atoms with Gasteiger partial charge < -0.3 is 14.1 Å². The molecule has 2 aromatic rings. The molecule has 140 valence electrons. The summed E-state index contributed by atoms with van der Waals surface area (Å²) in [7, 11) is 1.82. The molecule has 1 fully saturated rings. The Bertz CT molecular complexity index is 652. The lowest BCUT2D eigenvalue weighted by molar-refractivity contribution is -0.132. The van der Waals surface area contributed by atoms with Gasteiger partial charge in [0.05, 0.1) is 19.4 Å². The number of piperazine rings is 1. The van der Waals surface area contributed by atoms with Crippen molar-refractivity contribution in [2.24, 2.45) is 0 Å². The summed E-state index contributed by atoms with van der Waals surface area (Å²) in [5.41, 5.74) is 0. The third kappa shape index (κ3) is 5.61. The first-order valence-corrected chi connectivity index (χ1v) is 9.09. The molecule has 0 bridgehead atoms. The van der Waals surface area contributed by atoms with Crippen molar-refractivity contribution in [1.82, 2.24) is 14.7 Å². The quantitative estimate of drug-likeness (QED) is 0.723. The number of benzene rings is 1. The summed E-state index contributed by atoms with van der Waals surface area (Å²) in [6.45, 7) is 6.33. The third-order valence-electron chi connectivity index (χ3n) is 4.64. The van der Waals surface area contributed by atoms with E-state index >= 15 is 0 Å². The number of carbonyl (C=O) groups is 1. The molecule has 1 aliphatic heterocycles.